The van der Waals surface area contributed by atoms with Gasteiger partial charge in [-0.2, -0.15) is 13.9 Å². The summed E-state index contributed by atoms with van der Waals surface area (Å²) < 4.78 is 30.1. The molecule has 0 saturated heterocycles. The van der Waals surface area contributed by atoms with Gasteiger partial charge < -0.3 is 10.1 Å². The highest BCUT2D eigenvalue weighted by molar-refractivity contribution is 7.21. The van der Waals surface area contributed by atoms with Crippen molar-refractivity contribution >= 4 is 33.1 Å². The Bertz CT molecular complexity index is 1460. The highest BCUT2D eigenvalue weighted by Crippen LogP contribution is 2.31. The average Bonchev–Trinajstić information content (AvgIpc) is 3.47. The van der Waals surface area contributed by atoms with Gasteiger partial charge in [-0.25, -0.2) is 4.98 Å². The van der Waals surface area contributed by atoms with E-state index in [2.05, 4.69) is 38.2 Å². The van der Waals surface area contributed by atoms with Crippen molar-refractivity contribution in [1.82, 2.24) is 15.2 Å². The smallest absolute Gasteiger partial charge is 0.387 e. The number of rotatable bonds is 6. The van der Waals surface area contributed by atoms with E-state index in [0.717, 1.165) is 20.8 Å². The summed E-state index contributed by atoms with van der Waals surface area (Å²) in [5.74, 6) is -0.295. The highest BCUT2D eigenvalue weighted by atomic mass is 32.1. The van der Waals surface area contributed by atoms with Gasteiger partial charge in [0.25, 0.3) is 5.91 Å². The summed E-state index contributed by atoms with van der Waals surface area (Å²) in [4.78, 5) is 17.3. The summed E-state index contributed by atoms with van der Waals surface area (Å²) >= 11 is 1.63. The Morgan fingerprint density at radius 1 is 1.00 bits per heavy atom. The summed E-state index contributed by atoms with van der Waals surface area (Å²) in [5, 5.41) is 10.6. The van der Waals surface area contributed by atoms with Crippen molar-refractivity contribution < 1.29 is 18.3 Å². The number of carbonyl (C=O) groups is 1. The van der Waals surface area contributed by atoms with Crippen molar-refractivity contribution in [2.45, 2.75) is 13.5 Å². The van der Waals surface area contributed by atoms with Gasteiger partial charge in [-0.15, -0.1) is 11.3 Å². The number of anilines is 1. The van der Waals surface area contributed by atoms with Crippen LogP contribution in [0.15, 0.2) is 72.8 Å². The van der Waals surface area contributed by atoms with E-state index in [0.29, 0.717) is 16.9 Å². The summed E-state index contributed by atoms with van der Waals surface area (Å²) in [7, 11) is 0. The number of ether oxygens (including phenoxy) is 1. The van der Waals surface area contributed by atoms with Crippen molar-refractivity contribution in [1.29, 1.82) is 0 Å². The first-order chi connectivity index (χ1) is 16.4. The van der Waals surface area contributed by atoms with Crippen LogP contribution in [0.4, 0.5) is 14.5 Å². The molecule has 5 rings (SSSR count). The first-order valence-electron chi connectivity index (χ1n) is 10.3. The van der Waals surface area contributed by atoms with Gasteiger partial charge in [0, 0.05) is 16.8 Å². The zero-order chi connectivity index (χ0) is 23.7. The maximum atomic E-state index is 12.6. The van der Waals surface area contributed by atoms with E-state index in [-0.39, 0.29) is 17.4 Å². The molecule has 0 fully saturated rings. The predicted octanol–water partition coefficient (Wildman–Crippen LogP) is 6.52. The number of nitrogens with zero attached hydrogens (tertiary/aromatic N) is 2. The second-order valence-corrected chi connectivity index (χ2v) is 8.62. The van der Waals surface area contributed by atoms with Crippen LogP contribution in [0, 0.1) is 6.92 Å². The van der Waals surface area contributed by atoms with E-state index in [9.17, 15) is 13.6 Å². The third-order valence-corrected chi connectivity index (χ3v) is 6.20. The molecule has 6 nitrogen and oxygen atoms in total. The molecule has 170 valence electrons. The Morgan fingerprint density at radius 2 is 1.74 bits per heavy atom. The summed E-state index contributed by atoms with van der Waals surface area (Å²) in [6.45, 7) is -0.827. The van der Waals surface area contributed by atoms with Crippen LogP contribution in [0.1, 0.15) is 16.1 Å². The normalized spacial score (nSPS) is 11.2. The van der Waals surface area contributed by atoms with Gasteiger partial charge in [-0.1, -0.05) is 6.07 Å². The number of aromatic nitrogens is 3. The molecule has 0 unspecified atom stereocenters. The number of carbonyl (C=O) groups excluding carboxylic acids is 1. The van der Waals surface area contributed by atoms with Gasteiger partial charge in [0.1, 0.15) is 16.5 Å². The van der Waals surface area contributed by atoms with Crippen molar-refractivity contribution in [3.63, 3.8) is 0 Å². The topological polar surface area (TPSA) is 79.9 Å². The fourth-order valence-corrected chi connectivity index (χ4v) is 4.51. The van der Waals surface area contributed by atoms with Gasteiger partial charge in [-0.3, -0.25) is 9.89 Å². The minimum absolute atomic E-state index is 0.0525. The molecule has 0 aliphatic rings. The van der Waals surface area contributed by atoms with Gasteiger partial charge in [0.15, 0.2) is 0 Å². The van der Waals surface area contributed by atoms with Crippen LogP contribution < -0.4 is 10.1 Å². The lowest BCUT2D eigenvalue weighted by atomic mass is 10.1. The number of aryl methyl sites for hydroxylation is 1. The van der Waals surface area contributed by atoms with E-state index >= 15 is 0 Å². The molecule has 2 N–H and O–H groups in total. The Balaban J connectivity index is 1.27. The average molecular weight is 477 g/mol. The van der Waals surface area contributed by atoms with Crippen molar-refractivity contribution in [2.24, 2.45) is 0 Å². The van der Waals surface area contributed by atoms with Crippen LogP contribution in [0.5, 0.6) is 5.75 Å². The maximum absolute atomic E-state index is 12.6. The molecule has 1 amide bonds. The fourth-order valence-electron chi connectivity index (χ4n) is 3.44. The number of thiazole rings is 1. The number of aromatic amines is 1. The predicted molar refractivity (Wildman–Crippen MR) is 128 cm³/mol. The minimum Gasteiger partial charge on any atom is -0.435 e. The van der Waals surface area contributed by atoms with E-state index in [1.807, 2.05) is 36.4 Å². The summed E-state index contributed by atoms with van der Waals surface area (Å²) in [5.41, 5.74) is 5.21. The first kappa shape index (κ1) is 21.7. The largest absolute Gasteiger partial charge is 0.435 e. The number of amides is 1. The van der Waals surface area contributed by atoms with E-state index < -0.39 is 6.61 Å². The molecule has 5 aromatic rings. The number of fused-ring (bicyclic) bond motifs is 1. The van der Waals surface area contributed by atoms with Crippen LogP contribution >= 0.6 is 11.3 Å². The number of halogens is 2. The minimum atomic E-state index is -2.88. The third kappa shape index (κ3) is 4.65. The highest BCUT2D eigenvalue weighted by Gasteiger charge is 2.13. The lowest BCUT2D eigenvalue weighted by molar-refractivity contribution is -0.0498. The molecule has 3 aromatic carbocycles. The van der Waals surface area contributed by atoms with Gasteiger partial charge in [0.05, 0.1) is 15.9 Å². The Labute approximate surface area is 197 Å². The van der Waals surface area contributed by atoms with Crippen molar-refractivity contribution in [3.05, 3.63) is 84.1 Å². The number of H-pyrrole nitrogens is 1. The number of alkyl halides is 2. The SMILES string of the molecule is Cc1ccc2nc(-c3ccc(NC(=O)c4cc(-c5ccc(OC(F)F)cc5)n[nH]4)cc3)sc2c1. The van der Waals surface area contributed by atoms with E-state index in [1.54, 1.807) is 29.5 Å². The summed E-state index contributed by atoms with van der Waals surface area (Å²) in [6, 6.07) is 21.3. The number of hydrogen-bond acceptors (Lipinski definition) is 5. The number of hydrogen-bond donors (Lipinski definition) is 2. The van der Waals surface area contributed by atoms with Crippen LogP contribution in [-0.4, -0.2) is 27.7 Å². The van der Waals surface area contributed by atoms with Gasteiger partial charge in [0.2, 0.25) is 0 Å². The molecule has 2 heterocycles. The molecule has 34 heavy (non-hydrogen) atoms. The van der Waals surface area contributed by atoms with Crippen LogP contribution in [-0.2, 0) is 0 Å². The molecule has 0 aliphatic heterocycles. The zero-order valence-electron chi connectivity index (χ0n) is 17.9. The molecule has 0 saturated carbocycles. The molecule has 0 aliphatic carbocycles. The van der Waals surface area contributed by atoms with Gasteiger partial charge >= 0.3 is 6.61 Å². The molecule has 9 heteroatoms. The maximum Gasteiger partial charge on any atom is 0.387 e. The van der Waals surface area contributed by atoms with Crippen molar-refractivity contribution in [3.8, 4) is 27.6 Å². The van der Waals surface area contributed by atoms with E-state index in [4.69, 9.17) is 0 Å². The standard InChI is InChI=1S/C25H18F2N4O2S/c1-14-2-11-19-22(12-14)34-24(29-19)16-3-7-17(8-4-16)28-23(32)21-13-20(30-31-21)15-5-9-18(10-6-15)33-25(26)27/h2-13,25H,1H3,(H,28,32)(H,30,31). The molecule has 0 atom stereocenters. The zero-order valence-corrected chi connectivity index (χ0v) is 18.7. The summed E-state index contributed by atoms with van der Waals surface area (Å²) in [6.07, 6.45) is 0. The lowest BCUT2D eigenvalue weighted by Crippen LogP contribution is -2.12. The Morgan fingerprint density at radius 3 is 2.47 bits per heavy atom. The van der Waals surface area contributed by atoms with Crippen molar-refractivity contribution in [2.75, 3.05) is 5.32 Å². The Kier molecular flexibility index (Phi) is 5.77. The number of benzene rings is 3. The van der Waals surface area contributed by atoms with E-state index in [1.165, 1.54) is 17.7 Å². The molecule has 0 spiro atoms. The molecule has 0 bridgehead atoms. The van der Waals surface area contributed by atoms with Crippen LogP contribution in [0.25, 0.3) is 32.0 Å². The Hall–Kier alpha value is -4.11. The lowest BCUT2D eigenvalue weighted by Gasteiger charge is -2.04. The monoisotopic (exact) mass is 476 g/mol. The second-order valence-electron chi connectivity index (χ2n) is 7.59. The fraction of sp³-hybridized carbons (Fsp3) is 0.0800. The van der Waals surface area contributed by atoms with Gasteiger partial charge in [-0.05, 0) is 79.2 Å². The first-order valence-corrected chi connectivity index (χ1v) is 11.2. The van der Waals surface area contributed by atoms with Crippen LogP contribution in [0.2, 0.25) is 0 Å². The van der Waals surface area contributed by atoms with Crippen LogP contribution in [0.3, 0.4) is 0 Å². The second kappa shape index (κ2) is 9.03. The quantitative estimate of drug-likeness (QED) is 0.293. The number of nitrogens with one attached hydrogen (secondary N) is 2. The molecular formula is C25H18F2N4O2S. The third-order valence-electron chi connectivity index (χ3n) is 5.13. The molecular weight excluding hydrogens is 458 g/mol. The molecule has 2 aromatic heterocycles. The molecule has 0 radical (unpaired) electrons.